The molecule has 6 heteroatoms. The van der Waals surface area contributed by atoms with Crippen molar-refractivity contribution in [2.75, 3.05) is 39.8 Å². The second-order valence-corrected chi connectivity index (χ2v) is 12.0. The van der Waals surface area contributed by atoms with Gasteiger partial charge in [-0.05, 0) is 68.0 Å². The van der Waals surface area contributed by atoms with Crippen LogP contribution in [0.3, 0.4) is 0 Å². The van der Waals surface area contributed by atoms with Crippen LogP contribution in [0.4, 0.5) is 4.79 Å². The lowest BCUT2D eigenvalue weighted by molar-refractivity contribution is 0.0576. The van der Waals surface area contributed by atoms with Gasteiger partial charge in [0, 0.05) is 44.8 Å². The van der Waals surface area contributed by atoms with E-state index in [9.17, 15) is 4.79 Å². The Hall–Kier alpha value is -2.08. The van der Waals surface area contributed by atoms with Gasteiger partial charge in [0.2, 0.25) is 0 Å². The van der Waals surface area contributed by atoms with E-state index in [1.807, 2.05) is 35.2 Å². The molecule has 1 heterocycles. The number of piperidine rings is 1. The predicted octanol–water partition coefficient (Wildman–Crippen LogP) is 7.07. The van der Waals surface area contributed by atoms with Crippen LogP contribution in [0.25, 0.3) is 0 Å². The van der Waals surface area contributed by atoms with Crippen molar-refractivity contribution >= 4 is 18.5 Å². The van der Waals surface area contributed by atoms with E-state index in [-0.39, 0.29) is 24.5 Å². The van der Waals surface area contributed by atoms with Crippen molar-refractivity contribution in [1.29, 1.82) is 0 Å². The third-order valence-electron chi connectivity index (χ3n) is 8.57. The Bertz CT molecular complexity index is 965. The summed E-state index contributed by atoms with van der Waals surface area (Å²) in [6.45, 7) is 12.3. The zero-order chi connectivity index (χ0) is 26.9. The summed E-state index contributed by atoms with van der Waals surface area (Å²) >= 11 is 0. The lowest BCUT2D eigenvalue weighted by Crippen LogP contribution is -2.48. The molecule has 0 bridgehead atoms. The molecule has 2 aromatic rings. The summed E-state index contributed by atoms with van der Waals surface area (Å²) in [6.07, 6.45) is 5.37. The van der Waals surface area contributed by atoms with E-state index in [4.69, 9.17) is 4.74 Å². The molecular formula is C33H50ClN3O2. The second-order valence-electron chi connectivity index (χ2n) is 12.0. The van der Waals surface area contributed by atoms with Gasteiger partial charge in [0.05, 0.1) is 0 Å². The molecule has 39 heavy (non-hydrogen) atoms. The van der Waals surface area contributed by atoms with Crippen LogP contribution in [-0.2, 0) is 11.3 Å². The Balaban J connectivity index is 0.00000420. The van der Waals surface area contributed by atoms with Crippen molar-refractivity contribution in [3.8, 4) is 0 Å². The summed E-state index contributed by atoms with van der Waals surface area (Å²) in [7, 11) is 2.32. The highest BCUT2D eigenvalue weighted by atomic mass is 35.5. The topological polar surface area (TPSA) is 36.0 Å². The van der Waals surface area contributed by atoms with Crippen LogP contribution in [0, 0.1) is 11.8 Å². The van der Waals surface area contributed by atoms with E-state index >= 15 is 0 Å². The number of halogens is 1. The first kappa shape index (κ1) is 31.4. The van der Waals surface area contributed by atoms with Crippen LogP contribution in [0.15, 0.2) is 60.7 Å². The molecular weight excluding hydrogens is 506 g/mol. The van der Waals surface area contributed by atoms with Gasteiger partial charge in [0.1, 0.15) is 6.61 Å². The normalized spacial score (nSPS) is 22.2. The van der Waals surface area contributed by atoms with E-state index < -0.39 is 0 Å². The number of nitrogens with zero attached hydrogens (tertiary/aromatic N) is 3. The van der Waals surface area contributed by atoms with E-state index in [0.29, 0.717) is 30.4 Å². The number of likely N-dealkylation sites (tertiary alicyclic amines) is 1. The Morgan fingerprint density at radius 1 is 0.974 bits per heavy atom. The molecule has 3 unspecified atom stereocenters. The van der Waals surface area contributed by atoms with Crippen LogP contribution < -0.4 is 0 Å². The number of amides is 1. The number of rotatable bonds is 11. The van der Waals surface area contributed by atoms with Crippen LogP contribution in [0.2, 0.25) is 0 Å². The van der Waals surface area contributed by atoms with Gasteiger partial charge in [-0.25, -0.2) is 4.79 Å². The monoisotopic (exact) mass is 555 g/mol. The lowest BCUT2D eigenvalue weighted by atomic mass is 9.88. The summed E-state index contributed by atoms with van der Waals surface area (Å²) in [4.78, 5) is 20.3. The Labute approximate surface area is 243 Å². The van der Waals surface area contributed by atoms with Crippen molar-refractivity contribution in [3.05, 3.63) is 71.8 Å². The van der Waals surface area contributed by atoms with E-state index in [0.717, 1.165) is 57.5 Å². The average Bonchev–Trinajstić information content (AvgIpc) is 3.35. The molecule has 3 atom stereocenters. The van der Waals surface area contributed by atoms with Crippen molar-refractivity contribution in [2.45, 2.75) is 77.5 Å². The van der Waals surface area contributed by atoms with E-state index in [1.54, 1.807) is 0 Å². The predicted molar refractivity (Wildman–Crippen MR) is 163 cm³/mol. The lowest BCUT2D eigenvalue weighted by Gasteiger charge is -2.39. The second kappa shape index (κ2) is 15.6. The van der Waals surface area contributed by atoms with Crippen LogP contribution >= 0.6 is 12.4 Å². The molecule has 1 saturated carbocycles. The summed E-state index contributed by atoms with van der Waals surface area (Å²) in [6, 6.07) is 22.1. The van der Waals surface area contributed by atoms with Crippen LogP contribution in [0.1, 0.15) is 69.9 Å². The van der Waals surface area contributed by atoms with E-state index in [2.05, 4.69) is 68.0 Å². The maximum Gasteiger partial charge on any atom is 0.410 e. The Kier molecular flexibility index (Phi) is 12.6. The minimum atomic E-state index is -0.162. The minimum Gasteiger partial charge on any atom is -0.445 e. The minimum absolute atomic E-state index is 0. The van der Waals surface area contributed by atoms with Gasteiger partial charge in [-0.2, -0.15) is 0 Å². The highest BCUT2D eigenvalue weighted by Crippen LogP contribution is 2.42. The average molecular weight is 556 g/mol. The number of carbonyl (C=O) groups is 1. The molecule has 1 saturated heterocycles. The van der Waals surface area contributed by atoms with Crippen molar-refractivity contribution < 1.29 is 9.53 Å². The molecule has 2 fully saturated rings. The molecule has 2 aliphatic rings. The smallest absolute Gasteiger partial charge is 0.410 e. The molecule has 216 valence electrons. The third-order valence-corrected chi connectivity index (χ3v) is 8.57. The largest absolute Gasteiger partial charge is 0.445 e. The zero-order valence-corrected chi connectivity index (χ0v) is 25.3. The maximum absolute atomic E-state index is 13.0. The Morgan fingerprint density at radius 3 is 2.23 bits per heavy atom. The third kappa shape index (κ3) is 8.96. The highest BCUT2D eigenvalue weighted by Gasteiger charge is 2.38. The molecule has 1 aliphatic carbocycles. The molecule has 0 radical (unpaired) electrons. The first-order valence-corrected chi connectivity index (χ1v) is 14.9. The highest BCUT2D eigenvalue weighted by molar-refractivity contribution is 5.85. The quantitative estimate of drug-likeness (QED) is 0.297. The zero-order valence-electron chi connectivity index (χ0n) is 24.5. The fourth-order valence-electron chi connectivity index (χ4n) is 6.70. The molecule has 1 aliphatic heterocycles. The number of carbonyl (C=O) groups excluding carboxylic acids is 1. The van der Waals surface area contributed by atoms with Gasteiger partial charge in [-0.1, -0.05) is 81.4 Å². The summed E-state index contributed by atoms with van der Waals surface area (Å²) in [5.74, 6) is 1.99. The van der Waals surface area contributed by atoms with Gasteiger partial charge < -0.3 is 19.4 Å². The van der Waals surface area contributed by atoms with Gasteiger partial charge in [0.25, 0.3) is 0 Å². The van der Waals surface area contributed by atoms with Crippen molar-refractivity contribution in [1.82, 2.24) is 14.7 Å². The molecule has 0 aromatic heterocycles. The van der Waals surface area contributed by atoms with Crippen molar-refractivity contribution in [3.63, 3.8) is 0 Å². The van der Waals surface area contributed by atoms with Crippen LogP contribution in [0.5, 0.6) is 0 Å². The first-order chi connectivity index (χ1) is 18.4. The van der Waals surface area contributed by atoms with E-state index in [1.165, 1.54) is 18.4 Å². The van der Waals surface area contributed by atoms with Crippen LogP contribution in [-0.4, -0.2) is 72.6 Å². The number of hydrogen-bond donors (Lipinski definition) is 0. The summed E-state index contributed by atoms with van der Waals surface area (Å²) < 4.78 is 5.72. The number of ether oxygens (including phenoxy) is 1. The number of benzene rings is 2. The SMILES string of the molecule is CCCN(C(=O)OCc1ccccc1)C1CCN(CC2CC(N(C)CC(C)C)CC2c2ccccc2)CC1.Cl. The first-order valence-electron chi connectivity index (χ1n) is 14.9. The molecule has 0 N–H and O–H groups in total. The van der Waals surface area contributed by atoms with Gasteiger partial charge in [-0.3, -0.25) is 0 Å². The fourth-order valence-corrected chi connectivity index (χ4v) is 6.70. The van der Waals surface area contributed by atoms with Gasteiger partial charge >= 0.3 is 6.09 Å². The van der Waals surface area contributed by atoms with Crippen molar-refractivity contribution in [2.24, 2.45) is 11.8 Å². The Morgan fingerprint density at radius 2 is 1.62 bits per heavy atom. The summed E-state index contributed by atoms with van der Waals surface area (Å²) in [5.41, 5.74) is 2.54. The molecule has 1 amide bonds. The molecule has 0 spiro atoms. The molecule has 2 aromatic carbocycles. The summed E-state index contributed by atoms with van der Waals surface area (Å²) in [5, 5.41) is 0. The number of hydrogen-bond acceptors (Lipinski definition) is 4. The fraction of sp³-hybridized carbons (Fsp3) is 0.606. The molecule has 5 nitrogen and oxygen atoms in total. The molecule has 4 rings (SSSR count). The maximum atomic E-state index is 13.0. The standard InChI is InChI=1S/C33H49N3O2.ClH/c1-5-18-36(33(37)38-25-27-12-8-6-9-13-27)30-16-19-35(20-17-30)24-29-21-31(34(4)23-26(2)3)22-32(29)28-14-10-7-11-15-28;/h6-15,26,29-32H,5,16-25H2,1-4H3;1H. The van der Waals surface area contributed by atoms with Gasteiger partial charge in [0.15, 0.2) is 0 Å². The van der Waals surface area contributed by atoms with Gasteiger partial charge in [-0.15, -0.1) is 12.4 Å².